The van der Waals surface area contributed by atoms with Gasteiger partial charge in [-0.15, -0.1) is 0 Å². The summed E-state index contributed by atoms with van der Waals surface area (Å²) in [6.07, 6.45) is 2.67. The number of carbonyl (C=O) groups is 3. The molecule has 7 heteroatoms. The number of hydrogen-bond acceptors (Lipinski definition) is 4. The topological polar surface area (TPSA) is 95.9 Å². The van der Waals surface area contributed by atoms with Crippen molar-refractivity contribution in [2.75, 3.05) is 13.2 Å². The fourth-order valence-electron chi connectivity index (χ4n) is 2.89. The summed E-state index contributed by atoms with van der Waals surface area (Å²) >= 11 is 0. The van der Waals surface area contributed by atoms with E-state index < -0.39 is 23.3 Å². The number of carbonyl (C=O) groups excluding carboxylic acids is 2. The Bertz CT molecular complexity index is 449. The Kier molecular flexibility index (Phi) is 4.51. The number of rotatable bonds is 3. The Morgan fingerprint density at radius 1 is 1.33 bits per heavy atom. The van der Waals surface area contributed by atoms with E-state index in [0.717, 1.165) is 19.3 Å². The van der Waals surface area contributed by atoms with E-state index in [0.29, 0.717) is 13.2 Å². The molecule has 118 valence electrons. The molecule has 2 rings (SSSR count). The van der Waals surface area contributed by atoms with Gasteiger partial charge in [0.15, 0.2) is 0 Å². The van der Waals surface area contributed by atoms with Crippen molar-refractivity contribution < 1.29 is 24.2 Å². The van der Waals surface area contributed by atoms with Gasteiger partial charge in [0.2, 0.25) is 5.91 Å². The molecule has 3 amide bonds. The third kappa shape index (κ3) is 3.53. The minimum atomic E-state index is -1.19. The van der Waals surface area contributed by atoms with E-state index in [4.69, 9.17) is 9.84 Å². The van der Waals surface area contributed by atoms with Crippen molar-refractivity contribution in [3.05, 3.63) is 0 Å². The van der Waals surface area contributed by atoms with Crippen LogP contribution in [0.4, 0.5) is 4.79 Å². The molecular formula is C14H22N2O5. The summed E-state index contributed by atoms with van der Waals surface area (Å²) in [5.74, 6) is -1.62. The van der Waals surface area contributed by atoms with Gasteiger partial charge in [0, 0.05) is 13.0 Å². The second-order valence-corrected chi connectivity index (χ2v) is 6.32. The van der Waals surface area contributed by atoms with Gasteiger partial charge >= 0.3 is 12.0 Å². The van der Waals surface area contributed by atoms with E-state index in [1.165, 1.54) is 13.8 Å². The molecule has 1 saturated carbocycles. The van der Waals surface area contributed by atoms with Gasteiger partial charge in [-0.2, -0.15) is 0 Å². The van der Waals surface area contributed by atoms with Crippen molar-refractivity contribution in [1.82, 2.24) is 10.2 Å². The fraction of sp³-hybridized carbons (Fsp3) is 0.786. The van der Waals surface area contributed by atoms with E-state index in [1.54, 1.807) is 4.90 Å². The standard InChI is InChI=1S/C14H22N2O5/c1-14(2,12(18)19)8-11(17)15-13(20)16-6-7-21-10-5-3-4-9(10)16/h9-10H,3-8H2,1-2H3,(H,18,19)(H,15,17,20). The molecular weight excluding hydrogens is 276 g/mol. The zero-order valence-electron chi connectivity index (χ0n) is 12.4. The first kappa shape index (κ1) is 15.8. The van der Waals surface area contributed by atoms with Crippen LogP contribution < -0.4 is 5.32 Å². The monoisotopic (exact) mass is 298 g/mol. The predicted octanol–water partition coefficient (Wildman–Crippen LogP) is 0.977. The van der Waals surface area contributed by atoms with Gasteiger partial charge in [0.05, 0.1) is 24.2 Å². The molecule has 0 bridgehead atoms. The molecule has 2 atom stereocenters. The molecule has 1 aliphatic heterocycles. The number of hydrogen-bond donors (Lipinski definition) is 2. The maximum Gasteiger partial charge on any atom is 0.324 e. The van der Waals surface area contributed by atoms with Gasteiger partial charge in [-0.3, -0.25) is 14.9 Å². The molecule has 2 aliphatic rings. The van der Waals surface area contributed by atoms with Crippen LogP contribution in [0, 0.1) is 5.41 Å². The van der Waals surface area contributed by atoms with Gasteiger partial charge in [0.25, 0.3) is 0 Å². The van der Waals surface area contributed by atoms with Crippen LogP contribution in [0.5, 0.6) is 0 Å². The molecule has 2 unspecified atom stereocenters. The number of aliphatic carboxylic acids is 1. The van der Waals surface area contributed by atoms with Gasteiger partial charge < -0.3 is 14.7 Å². The third-order valence-corrected chi connectivity index (χ3v) is 4.17. The number of carboxylic acid groups (broad SMARTS) is 1. The molecule has 0 radical (unpaired) electrons. The van der Waals surface area contributed by atoms with Crippen molar-refractivity contribution in [2.24, 2.45) is 5.41 Å². The molecule has 0 aromatic rings. The average Bonchev–Trinajstić information content (AvgIpc) is 2.85. The Labute approximate surface area is 123 Å². The number of nitrogens with one attached hydrogen (secondary N) is 1. The van der Waals surface area contributed by atoms with E-state index >= 15 is 0 Å². The van der Waals surface area contributed by atoms with Crippen LogP contribution in [0.1, 0.15) is 39.5 Å². The number of imide groups is 1. The molecule has 1 aliphatic carbocycles. The molecule has 0 aromatic carbocycles. The third-order valence-electron chi connectivity index (χ3n) is 4.17. The molecule has 7 nitrogen and oxygen atoms in total. The summed E-state index contributed by atoms with van der Waals surface area (Å²) in [6, 6.07) is -0.416. The van der Waals surface area contributed by atoms with Crippen molar-refractivity contribution in [2.45, 2.75) is 51.7 Å². The van der Waals surface area contributed by atoms with Gasteiger partial charge in [0.1, 0.15) is 0 Å². The lowest BCUT2D eigenvalue weighted by molar-refractivity contribution is -0.149. The summed E-state index contributed by atoms with van der Waals surface area (Å²) in [5, 5.41) is 11.3. The van der Waals surface area contributed by atoms with Crippen molar-refractivity contribution in [3.8, 4) is 0 Å². The minimum Gasteiger partial charge on any atom is -0.481 e. The zero-order valence-corrected chi connectivity index (χ0v) is 12.4. The van der Waals surface area contributed by atoms with Crippen molar-refractivity contribution in [1.29, 1.82) is 0 Å². The number of ether oxygens (including phenoxy) is 1. The Balaban J connectivity index is 1.91. The Hall–Kier alpha value is -1.63. The number of nitrogens with zero attached hydrogens (tertiary/aromatic N) is 1. The highest BCUT2D eigenvalue weighted by molar-refractivity contribution is 5.96. The highest BCUT2D eigenvalue weighted by Crippen LogP contribution is 2.29. The molecule has 0 spiro atoms. The maximum absolute atomic E-state index is 12.2. The van der Waals surface area contributed by atoms with E-state index in [2.05, 4.69) is 5.32 Å². The molecule has 0 aromatic heterocycles. The largest absolute Gasteiger partial charge is 0.481 e. The summed E-state index contributed by atoms with van der Waals surface area (Å²) in [5.41, 5.74) is -1.19. The van der Waals surface area contributed by atoms with Crippen LogP contribution >= 0.6 is 0 Å². The lowest BCUT2D eigenvalue weighted by Crippen LogP contribution is -2.55. The number of urea groups is 1. The second-order valence-electron chi connectivity index (χ2n) is 6.32. The summed E-state index contributed by atoms with van der Waals surface area (Å²) in [4.78, 5) is 36.7. The normalized spacial score (nSPS) is 25.3. The zero-order chi connectivity index (χ0) is 15.6. The fourth-order valence-corrected chi connectivity index (χ4v) is 2.89. The first-order chi connectivity index (χ1) is 9.81. The summed E-state index contributed by atoms with van der Waals surface area (Å²) < 4.78 is 5.61. The first-order valence-electron chi connectivity index (χ1n) is 7.27. The Morgan fingerprint density at radius 3 is 2.71 bits per heavy atom. The number of fused-ring (bicyclic) bond motifs is 1. The van der Waals surface area contributed by atoms with Crippen LogP contribution in [0.2, 0.25) is 0 Å². The van der Waals surface area contributed by atoms with Crippen LogP contribution in [-0.2, 0) is 14.3 Å². The molecule has 1 saturated heterocycles. The van der Waals surface area contributed by atoms with Gasteiger partial charge in [-0.05, 0) is 33.1 Å². The number of morpholine rings is 1. The second kappa shape index (κ2) is 6.01. The van der Waals surface area contributed by atoms with Crippen LogP contribution in [0.15, 0.2) is 0 Å². The SMILES string of the molecule is CC(C)(CC(=O)NC(=O)N1CCOC2CCCC21)C(=O)O. The average molecular weight is 298 g/mol. The molecule has 1 heterocycles. The molecule has 2 fully saturated rings. The number of amides is 3. The molecule has 21 heavy (non-hydrogen) atoms. The molecule has 2 N–H and O–H groups in total. The van der Waals surface area contributed by atoms with Crippen LogP contribution in [0.3, 0.4) is 0 Å². The lowest BCUT2D eigenvalue weighted by atomic mass is 9.89. The van der Waals surface area contributed by atoms with E-state index in [1.807, 2.05) is 0 Å². The predicted molar refractivity (Wildman–Crippen MR) is 73.7 cm³/mol. The van der Waals surface area contributed by atoms with E-state index in [9.17, 15) is 14.4 Å². The first-order valence-corrected chi connectivity index (χ1v) is 7.27. The van der Waals surface area contributed by atoms with Crippen molar-refractivity contribution in [3.63, 3.8) is 0 Å². The van der Waals surface area contributed by atoms with Gasteiger partial charge in [-0.25, -0.2) is 4.79 Å². The maximum atomic E-state index is 12.2. The summed E-state index contributed by atoms with van der Waals surface area (Å²) in [7, 11) is 0. The number of carboxylic acids is 1. The summed E-state index contributed by atoms with van der Waals surface area (Å²) in [6.45, 7) is 3.86. The minimum absolute atomic E-state index is 0.0269. The highest BCUT2D eigenvalue weighted by atomic mass is 16.5. The van der Waals surface area contributed by atoms with Crippen LogP contribution in [0.25, 0.3) is 0 Å². The van der Waals surface area contributed by atoms with Gasteiger partial charge in [-0.1, -0.05) is 0 Å². The lowest BCUT2D eigenvalue weighted by Gasteiger charge is -2.37. The van der Waals surface area contributed by atoms with Crippen molar-refractivity contribution >= 4 is 17.9 Å². The highest BCUT2D eigenvalue weighted by Gasteiger charge is 2.39. The smallest absolute Gasteiger partial charge is 0.324 e. The quantitative estimate of drug-likeness (QED) is 0.809. The Morgan fingerprint density at radius 2 is 2.05 bits per heavy atom. The van der Waals surface area contributed by atoms with E-state index in [-0.39, 0.29) is 18.6 Å². The van der Waals surface area contributed by atoms with Crippen LogP contribution in [-0.4, -0.2) is 53.2 Å².